The lowest BCUT2D eigenvalue weighted by atomic mass is 10.0. The number of carbonyl (C=O) groups is 1. The molecule has 0 saturated heterocycles. The molecule has 1 atom stereocenters. The molecule has 1 amide bonds. The van der Waals surface area contributed by atoms with E-state index in [1.807, 2.05) is 0 Å². The Labute approximate surface area is 134 Å². The Balaban J connectivity index is 1.61. The van der Waals surface area contributed by atoms with Gasteiger partial charge in [-0.3, -0.25) is 4.79 Å². The third-order valence-corrected chi connectivity index (χ3v) is 4.36. The van der Waals surface area contributed by atoms with Gasteiger partial charge >= 0.3 is 0 Å². The average molecular weight is 317 g/mol. The summed E-state index contributed by atoms with van der Waals surface area (Å²) in [5.74, 6) is -0.444. The second-order valence-electron chi connectivity index (χ2n) is 5.95. The van der Waals surface area contributed by atoms with Crippen molar-refractivity contribution >= 4 is 5.91 Å². The molecule has 23 heavy (non-hydrogen) atoms. The molecule has 0 spiro atoms. The summed E-state index contributed by atoms with van der Waals surface area (Å²) in [5, 5.41) is 16.8. The lowest BCUT2D eigenvalue weighted by molar-refractivity contribution is 0.0840. The molecule has 1 saturated carbocycles. The Morgan fingerprint density at radius 2 is 2.13 bits per heavy atom. The van der Waals surface area contributed by atoms with Crippen LogP contribution in [0.2, 0.25) is 0 Å². The van der Waals surface area contributed by atoms with Crippen molar-refractivity contribution in [3.05, 3.63) is 48.0 Å². The zero-order valence-electron chi connectivity index (χ0n) is 12.8. The number of hydrogen-bond donors (Lipinski definition) is 2. The first-order chi connectivity index (χ1) is 11.1. The van der Waals surface area contributed by atoms with E-state index in [0.717, 1.165) is 25.7 Å². The predicted octanol–water partition coefficient (Wildman–Crippen LogP) is 2.29. The molecule has 3 rings (SSSR count). The minimum atomic E-state index is -0.511. The predicted molar refractivity (Wildman–Crippen MR) is 83.8 cm³/mol. The van der Waals surface area contributed by atoms with Crippen LogP contribution in [0, 0.1) is 11.7 Å². The number of nitrogens with one attached hydrogen (secondary N) is 1. The molecule has 1 aromatic heterocycles. The highest BCUT2D eigenvalue weighted by Crippen LogP contribution is 2.27. The van der Waals surface area contributed by atoms with E-state index in [1.165, 1.54) is 23.1 Å². The summed E-state index contributed by atoms with van der Waals surface area (Å²) < 4.78 is 15.0. The molecule has 1 heterocycles. The summed E-state index contributed by atoms with van der Waals surface area (Å²) in [5.41, 5.74) is 0.629. The molecule has 122 valence electrons. The molecule has 0 bridgehead atoms. The van der Waals surface area contributed by atoms with E-state index in [-0.39, 0.29) is 24.1 Å². The zero-order chi connectivity index (χ0) is 16.2. The first-order valence-corrected chi connectivity index (χ1v) is 7.91. The van der Waals surface area contributed by atoms with Crippen molar-refractivity contribution in [1.29, 1.82) is 0 Å². The minimum absolute atomic E-state index is 0.231. The number of aliphatic hydroxyl groups is 1. The molecule has 5 nitrogen and oxygen atoms in total. The highest BCUT2D eigenvalue weighted by molar-refractivity contribution is 5.93. The summed E-state index contributed by atoms with van der Waals surface area (Å²) in [6, 6.07) is 6.24. The lowest BCUT2D eigenvalue weighted by Gasteiger charge is -2.17. The van der Waals surface area contributed by atoms with Crippen LogP contribution in [0.3, 0.4) is 0 Å². The van der Waals surface area contributed by atoms with Gasteiger partial charge in [-0.05, 0) is 30.9 Å². The van der Waals surface area contributed by atoms with Crippen LogP contribution in [-0.4, -0.2) is 33.4 Å². The molecule has 1 aliphatic rings. The third kappa shape index (κ3) is 3.59. The van der Waals surface area contributed by atoms with Crippen molar-refractivity contribution in [2.75, 3.05) is 6.54 Å². The fourth-order valence-corrected chi connectivity index (χ4v) is 3.02. The molecular weight excluding hydrogens is 297 g/mol. The molecule has 0 aliphatic heterocycles. The van der Waals surface area contributed by atoms with Gasteiger partial charge in [-0.1, -0.05) is 25.0 Å². The van der Waals surface area contributed by atoms with Crippen molar-refractivity contribution < 1.29 is 14.3 Å². The normalized spacial score (nSPS) is 16.4. The maximum absolute atomic E-state index is 13.7. The van der Waals surface area contributed by atoms with E-state index < -0.39 is 11.9 Å². The van der Waals surface area contributed by atoms with E-state index in [1.54, 1.807) is 18.2 Å². The molecule has 2 aromatic rings. The smallest absolute Gasteiger partial charge is 0.254 e. The Bertz CT molecular complexity index is 680. The van der Waals surface area contributed by atoms with Crippen LogP contribution >= 0.6 is 0 Å². The van der Waals surface area contributed by atoms with Crippen LogP contribution < -0.4 is 5.32 Å². The lowest BCUT2D eigenvalue weighted by Crippen LogP contribution is -2.35. The van der Waals surface area contributed by atoms with Gasteiger partial charge in [-0.25, -0.2) is 9.07 Å². The van der Waals surface area contributed by atoms with Crippen LogP contribution in [0.5, 0.6) is 0 Å². The summed E-state index contributed by atoms with van der Waals surface area (Å²) in [6.07, 6.45) is 6.68. The maximum atomic E-state index is 13.7. The van der Waals surface area contributed by atoms with Crippen molar-refractivity contribution in [1.82, 2.24) is 15.1 Å². The summed E-state index contributed by atoms with van der Waals surface area (Å²) in [7, 11) is 0. The molecule has 6 heteroatoms. The molecule has 1 unspecified atom stereocenters. The van der Waals surface area contributed by atoms with Crippen LogP contribution in [0.15, 0.2) is 36.7 Å². The number of para-hydroxylation sites is 1. The number of rotatable bonds is 5. The van der Waals surface area contributed by atoms with Gasteiger partial charge in [0.2, 0.25) is 0 Å². The average Bonchev–Trinajstić information content (AvgIpc) is 3.24. The van der Waals surface area contributed by atoms with Crippen molar-refractivity contribution in [3.63, 3.8) is 0 Å². The van der Waals surface area contributed by atoms with Gasteiger partial charge in [0.15, 0.2) is 0 Å². The summed E-state index contributed by atoms with van der Waals surface area (Å²) in [6.45, 7) is 0.231. The number of benzene rings is 1. The fourth-order valence-electron chi connectivity index (χ4n) is 3.02. The standard InChI is InChI=1S/C17H20FN3O2/c18-14-7-3-4-8-15(14)21-11-13(9-20-21)17(23)19-10-16(22)12-5-1-2-6-12/h3-4,7-9,11-12,16,22H,1-2,5-6,10H2,(H,19,23). The van der Waals surface area contributed by atoms with E-state index in [2.05, 4.69) is 10.4 Å². The second-order valence-corrected chi connectivity index (χ2v) is 5.95. The fraction of sp³-hybridized carbons (Fsp3) is 0.412. The van der Waals surface area contributed by atoms with Gasteiger partial charge in [0.05, 0.1) is 17.9 Å². The van der Waals surface area contributed by atoms with Gasteiger partial charge in [0.25, 0.3) is 5.91 Å². The topological polar surface area (TPSA) is 67.2 Å². The SMILES string of the molecule is O=C(NCC(O)C1CCCC1)c1cnn(-c2ccccc2F)c1. The number of halogens is 1. The monoisotopic (exact) mass is 317 g/mol. The Hall–Kier alpha value is -2.21. The van der Waals surface area contributed by atoms with Gasteiger partial charge in [-0.15, -0.1) is 0 Å². The van der Waals surface area contributed by atoms with Gasteiger partial charge < -0.3 is 10.4 Å². The number of amides is 1. The first-order valence-electron chi connectivity index (χ1n) is 7.91. The highest BCUT2D eigenvalue weighted by Gasteiger charge is 2.23. The molecule has 2 N–H and O–H groups in total. The number of carbonyl (C=O) groups excluding carboxylic acids is 1. The largest absolute Gasteiger partial charge is 0.391 e. The summed E-state index contributed by atoms with van der Waals surface area (Å²) in [4.78, 5) is 12.1. The van der Waals surface area contributed by atoms with Crippen LogP contribution in [0.25, 0.3) is 5.69 Å². The van der Waals surface area contributed by atoms with E-state index in [9.17, 15) is 14.3 Å². The van der Waals surface area contributed by atoms with E-state index >= 15 is 0 Å². The van der Waals surface area contributed by atoms with Crippen molar-refractivity contribution in [2.45, 2.75) is 31.8 Å². The molecule has 1 aliphatic carbocycles. The Morgan fingerprint density at radius 1 is 1.39 bits per heavy atom. The Kier molecular flexibility index (Phi) is 4.71. The quantitative estimate of drug-likeness (QED) is 0.889. The molecule has 1 fully saturated rings. The number of aliphatic hydroxyl groups excluding tert-OH is 1. The third-order valence-electron chi connectivity index (χ3n) is 4.36. The first kappa shape index (κ1) is 15.7. The summed E-state index contributed by atoms with van der Waals surface area (Å²) >= 11 is 0. The van der Waals surface area contributed by atoms with Gasteiger partial charge in [0, 0.05) is 12.7 Å². The highest BCUT2D eigenvalue weighted by atomic mass is 19.1. The second kappa shape index (κ2) is 6.91. The Morgan fingerprint density at radius 3 is 2.87 bits per heavy atom. The van der Waals surface area contributed by atoms with Gasteiger partial charge in [-0.2, -0.15) is 5.10 Å². The van der Waals surface area contributed by atoms with Crippen molar-refractivity contribution in [2.24, 2.45) is 5.92 Å². The number of nitrogens with zero attached hydrogens (tertiary/aromatic N) is 2. The molecular formula is C17H20FN3O2. The maximum Gasteiger partial charge on any atom is 0.254 e. The van der Waals surface area contributed by atoms with Crippen LogP contribution in [0.4, 0.5) is 4.39 Å². The van der Waals surface area contributed by atoms with Crippen LogP contribution in [0.1, 0.15) is 36.0 Å². The van der Waals surface area contributed by atoms with Gasteiger partial charge in [0.1, 0.15) is 11.5 Å². The van der Waals surface area contributed by atoms with E-state index in [4.69, 9.17) is 0 Å². The van der Waals surface area contributed by atoms with Crippen molar-refractivity contribution in [3.8, 4) is 5.69 Å². The van der Waals surface area contributed by atoms with E-state index in [0.29, 0.717) is 5.56 Å². The molecule has 0 radical (unpaired) electrons. The number of hydrogen-bond acceptors (Lipinski definition) is 3. The van der Waals surface area contributed by atoms with Crippen LogP contribution in [-0.2, 0) is 0 Å². The zero-order valence-corrected chi connectivity index (χ0v) is 12.8. The minimum Gasteiger partial charge on any atom is -0.391 e. The number of aromatic nitrogens is 2. The molecule has 1 aromatic carbocycles.